The first-order valence-electron chi connectivity index (χ1n) is 12.4. The smallest absolute Gasteiger partial charge is 0.270 e. The molecule has 2 fully saturated rings. The van der Waals surface area contributed by atoms with Crippen LogP contribution >= 0.6 is 7.82 Å². The van der Waals surface area contributed by atoms with Crippen molar-refractivity contribution in [1.29, 1.82) is 0 Å². The van der Waals surface area contributed by atoms with Crippen molar-refractivity contribution in [2.45, 2.75) is 106 Å². The Kier molecular flexibility index (Phi) is 14.0. The van der Waals surface area contributed by atoms with Crippen LogP contribution in [0.2, 0.25) is 0 Å². The Morgan fingerprint density at radius 2 is 1.35 bits per heavy atom. The van der Waals surface area contributed by atoms with Crippen LogP contribution in [0.5, 0.6) is 0 Å². The fraction of sp³-hybridized carbons (Fsp3) is 0.909. The molecule has 0 aromatic rings. The second-order valence-corrected chi connectivity index (χ2v) is 10.5. The van der Waals surface area contributed by atoms with E-state index < -0.39 is 82.4 Å². The summed E-state index contributed by atoms with van der Waals surface area (Å²) in [6.07, 6.45) is -9.05. The third-order valence-electron chi connectivity index (χ3n) is 6.25. The first-order chi connectivity index (χ1) is 17.6. The molecule has 0 amide bonds. The number of unbranched alkanes of at least 4 members (excludes halogenated alkanes) is 6. The van der Waals surface area contributed by atoms with E-state index in [4.69, 9.17) is 23.3 Å². The summed E-state index contributed by atoms with van der Waals surface area (Å²) in [6, 6.07) is 0. The maximum Gasteiger partial charge on any atom is 0.270 e. The van der Waals surface area contributed by atoms with Gasteiger partial charge in [0.2, 0.25) is 0 Å². The first-order valence-corrected chi connectivity index (χ1v) is 13.9. The molecule has 2 aliphatic rings. The highest BCUT2D eigenvalue weighted by atomic mass is 31.2. The lowest BCUT2D eigenvalue weighted by Crippen LogP contribution is -2.64. The van der Waals surface area contributed by atoms with Crippen molar-refractivity contribution in [2.75, 3.05) is 19.8 Å². The van der Waals surface area contributed by atoms with Crippen LogP contribution in [-0.2, 0) is 27.8 Å². The average molecular weight is 560 g/mol. The van der Waals surface area contributed by atoms with E-state index in [9.17, 15) is 45.2 Å². The van der Waals surface area contributed by atoms with E-state index >= 15 is 0 Å². The molecule has 37 heavy (non-hydrogen) atoms. The monoisotopic (exact) mass is 559 g/mol. The molecule has 1 unspecified atom stereocenters. The summed E-state index contributed by atoms with van der Waals surface area (Å²) >= 11 is 0. The topological polar surface area (TPSA) is 228 Å². The van der Waals surface area contributed by atoms with Gasteiger partial charge in [-0.15, -0.1) is 6.58 Å². The molecule has 15 heteroatoms. The number of phosphoric acid groups is 1. The zero-order valence-corrected chi connectivity index (χ0v) is 21.5. The van der Waals surface area contributed by atoms with Gasteiger partial charge < -0.3 is 59.4 Å². The van der Waals surface area contributed by atoms with E-state index in [0.717, 1.165) is 38.5 Å². The normalized spacial score (nSPS) is 38.3. The molecule has 2 saturated heterocycles. The summed E-state index contributed by atoms with van der Waals surface area (Å²) in [5.74, 6) is 0. The Hall–Kier alpha value is -0.550. The highest BCUT2D eigenvalue weighted by molar-refractivity contribution is 7.45. The lowest BCUT2D eigenvalue weighted by atomic mass is 9.97. The van der Waals surface area contributed by atoms with Crippen molar-refractivity contribution in [3.8, 4) is 0 Å². The summed E-state index contributed by atoms with van der Waals surface area (Å²) in [5, 5.41) is 69.8. The first kappa shape index (κ1) is 32.7. The van der Waals surface area contributed by atoms with E-state index in [2.05, 4.69) is 6.58 Å². The molecule has 2 rings (SSSR count). The molecule has 218 valence electrons. The Balaban J connectivity index is 1.87. The third-order valence-corrected chi connectivity index (χ3v) is 7.21. The zero-order chi connectivity index (χ0) is 27.6. The van der Waals surface area contributed by atoms with E-state index in [0.29, 0.717) is 6.42 Å². The molecule has 0 saturated carbocycles. The molecular weight excluding hydrogens is 519 g/mol. The lowest BCUT2D eigenvalue weighted by molar-refractivity contribution is -0.357. The van der Waals surface area contributed by atoms with Crippen LogP contribution in [0.4, 0.5) is 0 Å². The predicted octanol–water partition coefficient (Wildman–Crippen LogP) is -1.97. The van der Waals surface area contributed by atoms with Crippen molar-refractivity contribution in [2.24, 2.45) is 0 Å². The highest BCUT2D eigenvalue weighted by Gasteiger charge is 2.51. The van der Waals surface area contributed by atoms with Crippen molar-refractivity contribution in [1.82, 2.24) is 0 Å². The van der Waals surface area contributed by atoms with Crippen molar-refractivity contribution in [3.05, 3.63) is 12.7 Å². The largest absolute Gasteiger partial charge is 0.756 e. The fourth-order valence-electron chi connectivity index (χ4n) is 4.07. The Bertz CT molecular complexity index is 709. The van der Waals surface area contributed by atoms with Gasteiger partial charge in [-0.2, -0.15) is 0 Å². The number of phosphoric ester groups is 1. The van der Waals surface area contributed by atoms with E-state index in [-0.39, 0.29) is 6.61 Å². The summed E-state index contributed by atoms with van der Waals surface area (Å²) in [5.41, 5.74) is 0. The molecule has 0 aliphatic carbocycles. The average Bonchev–Trinajstić information content (AvgIpc) is 2.87. The van der Waals surface area contributed by atoms with Crippen LogP contribution in [-0.4, -0.2) is 117 Å². The second kappa shape index (κ2) is 15.9. The number of ether oxygens (including phenoxy) is 3. The van der Waals surface area contributed by atoms with Crippen LogP contribution in [0.15, 0.2) is 12.7 Å². The molecular formula is C22H40O14P-. The van der Waals surface area contributed by atoms with Gasteiger partial charge in [-0.25, -0.2) is 0 Å². The van der Waals surface area contributed by atoms with Crippen LogP contribution in [0.1, 0.15) is 44.9 Å². The molecule has 0 aromatic heterocycles. The van der Waals surface area contributed by atoms with Crippen LogP contribution in [0.25, 0.3) is 0 Å². The number of rotatable bonds is 16. The zero-order valence-electron chi connectivity index (χ0n) is 20.6. The van der Waals surface area contributed by atoms with Crippen LogP contribution in [0, 0.1) is 0 Å². The van der Waals surface area contributed by atoms with Gasteiger partial charge >= 0.3 is 0 Å². The van der Waals surface area contributed by atoms with Gasteiger partial charge in [-0.3, -0.25) is 9.09 Å². The highest BCUT2D eigenvalue weighted by Crippen LogP contribution is 2.43. The third kappa shape index (κ3) is 9.55. The summed E-state index contributed by atoms with van der Waals surface area (Å²) in [7, 11) is -4.96. The Labute approximate surface area is 215 Å². The maximum absolute atomic E-state index is 12.2. The summed E-state index contributed by atoms with van der Waals surface area (Å²) in [6.45, 7) is 1.95. The Morgan fingerprint density at radius 3 is 1.97 bits per heavy atom. The van der Waals surface area contributed by atoms with Gasteiger partial charge in [0.1, 0.15) is 48.8 Å². The lowest BCUT2D eigenvalue weighted by Gasteiger charge is -2.46. The van der Waals surface area contributed by atoms with Gasteiger partial charge in [-0.1, -0.05) is 31.8 Å². The molecule has 0 radical (unpaired) electrons. The van der Waals surface area contributed by atoms with Crippen molar-refractivity contribution in [3.63, 3.8) is 0 Å². The van der Waals surface area contributed by atoms with Crippen molar-refractivity contribution < 1.29 is 68.5 Å². The Morgan fingerprint density at radius 1 is 0.784 bits per heavy atom. The van der Waals surface area contributed by atoms with Gasteiger partial charge in [0, 0.05) is 0 Å². The molecule has 14 nitrogen and oxygen atoms in total. The fourth-order valence-corrected chi connectivity index (χ4v) is 4.92. The second-order valence-electron chi connectivity index (χ2n) is 9.09. The van der Waals surface area contributed by atoms with Gasteiger partial charge in [-0.05, 0) is 19.3 Å². The predicted molar refractivity (Wildman–Crippen MR) is 124 cm³/mol. The van der Waals surface area contributed by atoms with Crippen molar-refractivity contribution >= 4 is 7.82 Å². The molecule has 0 bridgehead atoms. The molecule has 2 aliphatic heterocycles. The standard InChI is InChI=1S/C22H41O14P/c1-2-3-4-5-6-7-8-9-10-32-37(30,31)36-22-19(29)17(27)20(14(12-24)34-22)35-21-18(28)16(26)15(25)13(11-23)33-21/h2,13-29H,1,3-12H2,(H,30,31)/p-1/t13-,14-,15+,16-,17-,18-,19+,20-,21+,22-/m1/s1. The van der Waals surface area contributed by atoms with E-state index in [1.165, 1.54) is 0 Å². The number of hydrogen-bond acceptors (Lipinski definition) is 14. The molecule has 0 spiro atoms. The number of allylic oxidation sites excluding steroid dienone is 1. The van der Waals surface area contributed by atoms with E-state index in [1.54, 1.807) is 0 Å². The summed E-state index contributed by atoms with van der Waals surface area (Å²) in [4.78, 5) is 12.2. The van der Waals surface area contributed by atoms with Gasteiger partial charge in [0.15, 0.2) is 12.6 Å². The minimum absolute atomic E-state index is 0.148. The maximum atomic E-state index is 12.2. The SMILES string of the molecule is C=CCCCCCCCCOP(=O)([O-])O[C@H]1O[C@H](CO)[C@@H](O[C@@H]2O[C@H](CO)[C@H](O)[C@@H](O)[C@H]2O)[C@H](O)[C@@H]1O. The minimum atomic E-state index is -4.96. The van der Waals surface area contributed by atoms with Crippen LogP contribution < -0.4 is 4.89 Å². The summed E-state index contributed by atoms with van der Waals surface area (Å²) < 4.78 is 37.7. The number of aliphatic hydroxyl groups is 7. The number of aliphatic hydroxyl groups excluding tert-OH is 7. The molecule has 2 heterocycles. The molecule has 0 aromatic carbocycles. The quantitative estimate of drug-likeness (QED) is 0.0618. The van der Waals surface area contributed by atoms with E-state index in [1.807, 2.05) is 6.08 Å². The number of hydrogen-bond donors (Lipinski definition) is 7. The van der Waals surface area contributed by atoms with Crippen LogP contribution in [0.3, 0.4) is 0 Å². The van der Waals surface area contributed by atoms with Gasteiger partial charge in [0.25, 0.3) is 7.82 Å². The van der Waals surface area contributed by atoms with Gasteiger partial charge in [0.05, 0.1) is 19.8 Å². The molecule has 11 atom stereocenters. The molecule has 7 N–H and O–H groups in total. The minimum Gasteiger partial charge on any atom is -0.756 e.